The normalized spacial score (nSPS) is 15.7. The van der Waals surface area contributed by atoms with E-state index in [9.17, 15) is 0 Å². The van der Waals surface area contributed by atoms with Crippen molar-refractivity contribution in [3.63, 3.8) is 0 Å². The van der Waals surface area contributed by atoms with Gasteiger partial charge in [-0.15, -0.1) is 24.0 Å². The fourth-order valence-electron chi connectivity index (χ4n) is 3.16. The van der Waals surface area contributed by atoms with Crippen molar-refractivity contribution >= 4 is 35.6 Å². The van der Waals surface area contributed by atoms with E-state index >= 15 is 0 Å². The lowest BCUT2D eigenvalue weighted by molar-refractivity contribution is 0.123. The monoisotopic (exact) mass is 541 g/mol. The Bertz CT molecular complexity index is 853. The number of aromatic nitrogens is 2. The summed E-state index contributed by atoms with van der Waals surface area (Å²) in [6.45, 7) is 4.35. The number of nitrogens with one attached hydrogen (secondary N) is 2. The van der Waals surface area contributed by atoms with Crippen LogP contribution in [0.5, 0.6) is 11.5 Å². The molecule has 0 radical (unpaired) electrons. The summed E-state index contributed by atoms with van der Waals surface area (Å²) in [4.78, 5) is 4.72. The lowest BCUT2D eigenvalue weighted by atomic mass is 10.2. The van der Waals surface area contributed by atoms with Crippen LogP contribution in [0.4, 0.5) is 5.69 Å². The summed E-state index contributed by atoms with van der Waals surface area (Å²) in [7, 11) is 1.91. The van der Waals surface area contributed by atoms with E-state index < -0.39 is 0 Å². The molecule has 0 amide bonds. The van der Waals surface area contributed by atoms with Gasteiger partial charge >= 0.3 is 0 Å². The van der Waals surface area contributed by atoms with Crippen LogP contribution < -0.4 is 20.1 Å². The van der Waals surface area contributed by atoms with Gasteiger partial charge < -0.3 is 24.8 Å². The number of aliphatic imine (C=N–C) groups is 1. The number of nitrogens with zero attached hydrogens (tertiary/aromatic N) is 3. The number of guanidine groups is 1. The topological polar surface area (TPSA) is 81.9 Å². The minimum absolute atomic E-state index is 0. The third-order valence-corrected chi connectivity index (χ3v) is 5.00. The van der Waals surface area contributed by atoms with Gasteiger partial charge in [0.25, 0.3) is 0 Å². The second-order valence-electron chi connectivity index (χ2n) is 7.82. The molecule has 9 heteroatoms. The summed E-state index contributed by atoms with van der Waals surface area (Å²) in [6, 6.07) is 5.88. The molecule has 4 rings (SSSR count). The molecule has 0 atom stereocenters. The highest BCUT2D eigenvalue weighted by atomic mass is 127. The lowest BCUT2D eigenvalue weighted by Crippen LogP contribution is -2.32. The van der Waals surface area contributed by atoms with E-state index in [0.29, 0.717) is 19.8 Å². The molecule has 1 fully saturated rings. The summed E-state index contributed by atoms with van der Waals surface area (Å²) >= 11 is 0. The molecule has 2 aromatic rings. The zero-order valence-corrected chi connectivity index (χ0v) is 20.3. The Morgan fingerprint density at radius 2 is 2.10 bits per heavy atom. The first kappa shape index (κ1) is 23.6. The smallest absolute Gasteiger partial charge is 0.196 e. The van der Waals surface area contributed by atoms with E-state index in [-0.39, 0.29) is 24.0 Å². The molecule has 2 heterocycles. The first-order chi connectivity index (χ1) is 14.8. The van der Waals surface area contributed by atoms with Crippen LogP contribution >= 0.6 is 24.0 Å². The molecular formula is C22H32IN5O3. The predicted molar refractivity (Wildman–Crippen MR) is 132 cm³/mol. The predicted octanol–water partition coefficient (Wildman–Crippen LogP) is 3.57. The number of fused-ring (bicyclic) bond motifs is 1. The third-order valence-electron chi connectivity index (χ3n) is 5.00. The highest BCUT2D eigenvalue weighted by Gasteiger charge is 2.20. The highest BCUT2D eigenvalue weighted by Crippen LogP contribution is 2.32. The van der Waals surface area contributed by atoms with Crippen molar-refractivity contribution in [2.75, 3.05) is 38.3 Å². The summed E-state index contributed by atoms with van der Waals surface area (Å²) < 4.78 is 19.0. The molecule has 0 unspecified atom stereocenters. The quantitative estimate of drug-likeness (QED) is 0.219. The number of anilines is 1. The molecule has 8 nitrogen and oxygen atoms in total. The number of halogens is 1. The lowest BCUT2D eigenvalue weighted by Gasteiger charge is -2.14. The standard InChI is InChI=1S/C22H31N5O3.HI/c1-27-15-18(14-25-27)13-24-22(23-8-2-9-28-16-17-4-5-17)26-19-6-7-20-21(12-19)30-11-3-10-29-20;/h6-7,12,14-15,17H,2-5,8-11,13,16H2,1H3,(H2,23,24,26);1H. The second-order valence-corrected chi connectivity index (χ2v) is 7.82. The van der Waals surface area contributed by atoms with Crippen molar-refractivity contribution in [2.45, 2.75) is 32.2 Å². The van der Waals surface area contributed by atoms with E-state index in [0.717, 1.165) is 67.2 Å². The molecular weight excluding hydrogens is 509 g/mol. The molecule has 1 aliphatic heterocycles. The molecule has 170 valence electrons. The molecule has 2 N–H and O–H groups in total. The first-order valence-corrected chi connectivity index (χ1v) is 10.8. The highest BCUT2D eigenvalue weighted by molar-refractivity contribution is 14.0. The number of benzene rings is 1. The minimum Gasteiger partial charge on any atom is -0.490 e. The van der Waals surface area contributed by atoms with Crippen molar-refractivity contribution < 1.29 is 14.2 Å². The maximum absolute atomic E-state index is 5.80. The van der Waals surface area contributed by atoms with Gasteiger partial charge in [0.15, 0.2) is 17.5 Å². The molecule has 1 aromatic heterocycles. The molecule has 1 aromatic carbocycles. The average Bonchev–Trinajstić information content (AvgIpc) is 3.52. The van der Waals surface area contributed by atoms with Crippen molar-refractivity contribution in [2.24, 2.45) is 18.0 Å². The van der Waals surface area contributed by atoms with Crippen LogP contribution in [0.2, 0.25) is 0 Å². The Morgan fingerprint density at radius 1 is 1.26 bits per heavy atom. The van der Waals surface area contributed by atoms with E-state index in [4.69, 9.17) is 19.2 Å². The van der Waals surface area contributed by atoms with Crippen LogP contribution in [0.25, 0.3) is 0 Å². The van der Waals surface area contributed by atoms with Crippen molar-refractivity contribution in [1.82, 2.24) is 15.1 Å². The summed E-state index contributed by atoms with van der Waals surface area (Å²) in [5.74, 6) is 3.07. The van der Waals surface area contributed by atoms with Crippen LogP contribution in [0.3, 0.4) is 0 Å². The van der Waals surface area contributed by atoms with Crippen LogP contribution in [-0.2, 0) is 18.3 Å². The number of aryl methyl sites for hydroxylation is 1. The maximum atomic E-state index is 5.80. The molecule has 0 spiro atoms. The van der Waals surface area contributed by atoms with Crippen LogP contribution in [0.1, 0.15) is 31.2 Å². The molecule has 0 bridgehead atoms. The Morgan fingerprint density at radius 3 is 2.87 bits per heavy atom. The van der Waals surface area contributed by atoms with Gasteiger partial charge in [-0.2, -0.15) is 5.10 Å². The van der Waals surface area contributed by atoms with Gasteiger partial charge in [-0.05, 0) is 37.3 Å². The molecule has 31 heavy (non-hydrogen) atoms. The van der Waals surface area contributed by atoms with Crippen LogP contribution in [-0.4, -0.2) is 48.7 Å². The van der Waals surface area contributed by atoms with Gasteiger partial charge in [-0.3, -0.25) is 4.68 Å². The molecule has 1 aliphatic carbocycles. The van der Waals surface area contributed by atoms with Crippen molar-refractivity contribution in [1.29, 1.82) is 0 Å². The Balaban J connectivity index is 0.00000272. The average molecular weight is 541 g/mol. The fourth-order valence-corrected chi connectivity index (χ4v) is 3.16. The first-order valence-electron chi connectivity index (χ1n) is 10.8. The zero-order valence-electron chi connectivity index (χ0n) is 18.0. The SMILES string of the molecule is Cn1cc(CN=C(NCCCOCC2CC2)Nc2ccc3c(c2)OCCCO3)cn1.I. The van der Waals surface area contributed by atoms with Crippen LogP contribution in [0, 0.1) is 5.92 Å². The maximum Gasteiger partial charge on any atom is 0.196 e. The van der Waals surface area contributed by atoms with E-state index in [1.807, 2.05) is 37.6 Å². The van der Waals surface area contributed by atoms with Gasteiger partial charge in [-0.25, -0.2) is 4.99 Å². The fraction of sp³-hybridized carbons (Fsp3) is 0.545. The second kappa shape index (κ2) is 12.1. The van der Waals surface area contributed by atoms with Crippen molar-refractivity contribution in [3.05, 3.63) is 36.2 Å². The number of hydrogen-bond acceptors (Lipinski definition) is 5. The number of ether oxygens (including phenoxy) is 3. The zero-order chi connectivity index (χ0) is 20.6. The van der Waals surface area contributed by atoms with Crippen molar-refractivity contribution in [3.8, 4) is 11.5 Å². The van der Waals surface area contributed by atoms with Gasteiger partial charge in [-0.1, -0.05) is 0 Å². The molecule has 2 aliphatic rings. The van der Waals surface area contributed by atoms with Gasteiger partial charge in [0.05, 0.1) is 26.0 Å². The van der Waals surface area contributed by atoms with Gasteiger partial charge in [0.2, 0.25) is 0 Å². The molecule has 0 saturated heterocycles. The largest absolute Gasteiger partial charge is 0.490 e. The van der Waals surface area contributed by atoms with E-state index in [1.165, 1.54) is 12.8 Å². The van der Waals surface area contributed by atoms with Gasteiger partial charge in [0, 0.05) is 56.7 Å². The van der Waals surface area contributed by atoms with E-state index in [1.54, 1.807) is 4.68 Å². The number of rotatable bonds is 9. The third kappa shape index (κ3) is 7.88. The Hall–Kier alpha value is -2.01. The summed E-state index contributed by atoms with van der Waals surface area (Å²) in [6.07, 6.45) is 8.27. The Labute approximate surface area is 200 Å². The summed E-state index contributed by atoms with van der Waals surface area (Å²) in [5, 5.41) is 11.0. The minimum atomic E-state index is 0. The van der Waals surface area contributed by atoms with Crippen LogP contribution in [0.15, 0.2) is 35.6 Å². The number of hydrogen-bond donors (Lipinski definition) is 2. The summed E-state index contributed by atoms with van der Waals surface area (Å²) in [5.41, 5.74) is 1.96. The van der Waals surface area contributed by atoms with Gasteiger partial charge in [0.1, 0.15) is 0 Å². The Kier molecular flexibility index (Phi) is 9.26. The van der Waals surface area contributed by atoms with E-state index in [2.05, 4.69) is 15.7 Å². The molecule has 1 saturated carbocycles.